The normalized spacial score (nSPS) is 20.7. The lowest BCUT2D eigenvalue weighted by Gasteiger charge is -2.24. The molecule has 0 spiro atoms. The molecule has 3 aliphatic rings. The molecule has 1 N–H and O–H groups in total. The van der Waals surface area contributed by atoms with E-state index in [4.69, 9.17) is 9.73 Å². The number of hydrogen-bond acceptors (Lipinski definition) is 5. The maximum absolute atomic E-state index is 5.48. The number of rotatable bonds is 5. The Kier molecular flexibility index (Phi) is 4.66. The molecule has 2 aromatic rings. The lowest BCUT2D eigenvalue weighted by Crippen LogP contribution is -2.29. The molecule has 1 saturated carbocycles. The van der Waals surface area contributed by atoms with Gasteiger partial charge in [0.15, 0.2) is 0 Å². The van der Waals surface area contributed by atoms with Gasteiger partial charge in [-0.25, -0.2) is 4.98 Å². The van der Waals surface area contributed by atoms with Crippen LogP contribution in [-0.4, -0.2) is 39.7 Å². The number of pyridine rings is 1. The summed E-state index contributed by atoms with van der Waals surface area (Å²) in [5, 5.41) is 8.27. The summed E-state index contributed by atoms with van der Waals surface area (Å²) in [5.41, 5.74) is 4.54. The summed E-state index contributed by atoms with van der Waals surface area (Å²) in [6, 6.07) is 2.51. The van der Waals surface area contributed by atoms with Gasteiger partial charge < -0.3 is 10.1 Å². The average molecular weight is 365 g/mol. The topological polar surface area (TPSA) is 64.3 Å². The van der Waals surface area contributed by atoms with Crippen molar-refractivity contribution in [3.05, 3.63) is 41.3 Å². The predicted octanol–water partition coefficient (Wildman–Crippen LogP) is 3.41. The zero-order valence-electron chi connectivity index (χ0n) is 15.7. The van der Waals surface area contributed by atoms with Crippen molar-refractivity contribution in [1.82, 2.24) is 14.8 Å². The van der Waals surface area contributed by atoms with Gasteiger partial charge in [-0.05, 0) is 43.2 Å². The Bertz CT molecular complexity index is 831. The Morgan fingerprint density at radius 2 is 2.00 bits per heavy atom. The van der Waals surface area contributed by atoms with Crippen molar-refractivity contribution in [2.75, 3.05) is 18.5 Å². The molecule has 2 aromatic heterocycles. The second-order valence-corrected chi connectivity index (χ2v) is 7.99. The predicted molar refractivity (Wildman–Crippen MR) is 105 cm³/mol. The van der Waals surface area contributed by atoms with E-state index in [0.29, 0.717) is 6.04 Å². The van der Waals surface area contributed by atoms with Gasteiger partial charge in [0, 0.05) is 49.3 Å². The van der Waals surface area contributed by atoms with Crippen LogP contribution in [0.15, 0.2) is 29.6 Å². The van der Waals surface area contributed by atoms with E-state index in [0.717, 1.165) is 67.7 Å². The van der Waals surface area contributed by atoms with Crippen LogP contribution < -0.4 is 5.32 Å². The smallest absolute Gasteiger partial charge is 0.135 e. The first-order chi connectivity index (χ1) is 13.4. The summed E-state index contributed by atoms with van der Waals surface area (Å²) in [4.78, 5) is 9.48. The summed E-state index contributed by atoms with van der Waals surface area (Å²) >= 11 is 0. The Balaban J connectivity index is 1.38. The monoisotopic (exact) mass is 365 g/mol. The maximum Gasteiger partial charge on any atom is 0.135 e. The van der Waals surface area contributed by atoms with E-state index < -0.39 is 0 Å². The van der Waals surface area contributed by atoms with Crippen molar-refractivity contribution in [3.8, 4) is 0 Å². The zero-order valence-corrected chi connectivity index (χ0v) is 15.7. The molecule has 1 aliphatic carbocycles. The van der Waals surface area contributed by atoms with Crippen LogP contribution in [0.25, 0.3) is 0 Å². The van der Waals surface area contributed by atoms with Gasteiger partial charge in [-0.1, -0.05) is 12.8 Å². The first-order valence-electron chi connectivity index (χ1n) is 10.3. The minimum absolute atomic E-state index is 0.421. The van der Waals surface area contributed by atoms with E-state index in [1.54, 1.807) is 0 Å². The molecule has 1 saturated heterocycles. The molecule has 4 heterocycles. The molecule has 0 unspecified atom stereocenters. The lowest BCUT2D eigenvalue weighted by atomic mass is 10.0. The number of aromatic nitrogens is 3. The highest BCUT2D eigenvalue weighted by Crippen LogP contribution is 2.30. The molecule has 2 fully saturated rings. The van der Waals surface area contributed by atoms with E-state index in [1.165, 1.54) is 31.2 Å². The molecule has 0 atom stereocenters. The molecular formula is C21H27N5O. The SMILES string of the molecule is c1cc2c(c(NC3CCOCC3)n1)C(c1cnn(CC3CCCC3)c1)=NC2. The van der Waals surface area contributed by atoms with Gasteiger partial charge in [0.1, 0.15) is 5.82 Å². The number of fused-ring (bicyclic) bond motifs is 1. The molecule has 0 amide bonds. The van der Waals surface area contributed by atoms with E-state index in [1.807, 2.05) is 12.4 Å². The van der Waals surface area contributed by atoms with Gasteiger partial charge >= 0.3 is 0 Å². The molecule has 0 aromatic carbocycles. The molecular weight excluding hydrogens is 338 g/mol. The van der Waals surface area contributed by atoms with Gasteiger partial charge in [0.25, 0.3) is 0 Å². The Labute approximate surface area is 160 Å². The highest BCUT2D eigenvalue weighted by atomic mass is 16.5. The van der Waals surface area contributed by atoms with Crippen molar-refractivity contribution in [2.45, 2.75) is 57.7 Å². The molecule has 142 valence electrons. The molecule has 6 nitrogen and oxygen atoms in total. The van der Waals surface area contributed by atoms with Crippen molar-refractivity contribution in [2.24, 2.45) is 10.9 Å². The van der Waals surface area contributed by atoms with Crippen LogP contribution in [0.1, 0.15) is 55.2 Å². The summed E-state index contributed by atoms with van der Waals surface area (Å²) < 4.78 is 7.59. The Hall–Kier alpha value is -2.21. The fourth-order valence-electron chi connectivity index (χ4n) is 4.56. The van der Waals surface area contributed by atoms with Crippen molar-refractivity contribution in [3.63, 3.8) is 0 Å². The molecule has 27 heavy (non-hydrogen) atoms. The third-order valence-electron chi connectivity index (χ3n) is 6.07. The zero-order chi connectivity index (χ0) is 18.1. The van der Waals surface area contributed by atoms with Gasteiger partial charge in [0.2, 0.25) is 0 Å². The van der Waals surface area contributed by atoms with Crippen LogP contribution in [0, 0.1) is 5.92 Å². The van der Waals surface area contributed by atoms with Crippen molar-refractivity contribution < 1.29 is 4.74 Å². The maximum atomic E-state index is 5.48. The first kappa shape index (κ1) is 16.9. The van der Waals surface area contributed by atoms with Crippen molar-refractivity contribution in [1.29, 1.82) is 0 Å². The van der Waals surface area contributed by atoms with Crippen LogP contribution in [0.4, 0.5) is 5.82 Å². The average Bonchev–Trinajstić information content (AvgIpc) is 3.44. The third-order valence-corrected chi connectivity index (χ3v) is 6.07. The molecule has 0 bridgehead atoms. The van der Waals surface area contributed by atoms with Gasteiger partial charge in [-0.15, -0.1) is 0 Å². The van der Waals surface area contributed by atoms with Gasteiger partial charge in [-0.2, -0.15) is 5.10 Å². The lowest BCUT2D eigenvalue weighted by molar-refractivity contribution is 0.0904. The van der Waals surface area contributed by atoms with Crippen LogP contribution in [0.5, 0.6) is 0 Å². The number of hydrogen-bond donors (Lipinski definition) is 1. The number of aliphatic imine (C=N–C) groups is 1. The minimum atomic E-state index is 0.421. The van der Waals surface area contributed by atoms with E-state index in [9.17, 15) is 0 Å². The van der Waals surface area contributed by atoms with E-state index in [2.05, 4.69) is 32.3 Å². The second kappa shape index (κ2) is 7.43. The first-order valence-corrected chi connectivity index (χ1v) is 10.3. The number of anilines is 1. The van der Waals surface area contributed by atoms with E-state index >= 15 is 0 Å². The number of nitrogens with zero attached hydrogens (tertiary/aromatic N) is 4. The van der Waals surface area contributed by atoms with Gasteiger partial charge in [-0.3, -0.25) is 9.67 Å². The summed E-state index contributed by atoms with van der Waals surface area (Å²) in [5.74, 6) is 1.74. The summed E-state index contributed by atoms with van der Waals surface area (Å²) in [7, 11) is 0. The summed E-state index contributed by atoms with van der Waals surface area (Å²) in [6.45, 7) is 3.40. The quantitative estimate of drug-likeness (QED) is 0.882. The van der Waals surface area contributed by atoms with E-state index in [-0.39, 0.29) is 0 Å². The number of ether oxygens (including phenoxy) is 1. The largest absolute Gasteiger partial charge is 0.381 e. The van der Waals surface area contributed by atoms with Gasteiger partial charge in [0.05, 0.1) is 18.5 Å². The number of nitrogens with one attached hydrogen (secondary N) is 1. The second-order valence-electron chi connectivity index (χ2n) is 7.99. The highest BCUT2D eigenvalue weighted by molar-refractivity contribution is 6.17. The molecule has 0 radical (unpaired) electrons. The molecule has 5 rings (SSSR count). The molecule has 6 heteroatoms. The Morgan fingerprint density at radius 3 is 2.85 bits per heavy atom. The van der Waals surface area contributed by atoms with Crippen LogP contribution in [0.3, 0.4) is 0 Å². The third kappa shape index (κ3) is 3.50. The van der Waals surface area contributed by atoms with Crippen LogP contribution >= 0.6 is 0 Å². The Morgan fingerprint density at radius 1 is 1.15 bits per heavy atom. The van der Waals surface area contributed by atoms with Crippen molar-refractivity contribution >= 4 is 11.5 Å². The fourth-order valence-corrected chi connectivity index (χ4v) is 4.56. The molecule has 2 aliphatic heterocycles. The highest BCUT2D eigenvalue weighted by Gasteiger charge is 2.25. The minimum Gasteiger partial charge on any atom is -0.381 e. The van der Waals surface area contributed by atoms with Crippen LogP contribution in [0.2, 0.25) is 0 Å². The summed E-state index contributed by atoms with van der Waals surface area (Å²) in [6.07, 6.45) is 13.5. The standard InChI is InChI=1S/C21H27N5O/c1-2-4-15(3-1)13-26-14-17(12-24-26)20-19-16(11-23-20)5-8-22-21(19)25-18-6-9-27-10-7-18/h5,8,12,14-15,18H,1-4,6-7,9-11,13H2,(H,22,25). The fraction of sp³-hybridized carbons (Fsp3) is 0.571. The van der Waals surface area contributed by atoms with Crippen LogP contribution in [-0.2, 0) is 17.8 Å².